The summed E-state index contributed by atoms with van der Waals surface area (Å²) in [5, 5.41) is 57.5. The molecule has 764 valence electrons. The molecule has 0 fully saturated rings. The molecule has 0 spiro atoms. The average molecular weight is 1860 g/mol. The molecule has 0 rings (SSSR count). The molecule has 0 amide bonds. The Hall–Kier alpha value is -6.86. The topological polar surface area (TPSA) is 437 Å². The maximum Gasteiger partial charge on any atom is 0.330 e. The minimum absolute atomic E-state index is 0.0556. The molecule has 0 aromatic rings. The SMILES string of the molecule is C=CC(=O)OCC(O)COC(=O)C(C)(C)CC.CCC(C)(C)C(=O)OC.CCC(C)(C)C(=O)OC.CCC(C)(C)C(=O)OC.CCC(C)C(=O)OC.CCC(C)C(=O)OCC(O)COC(=O)C(C)(C)CC.CCC(O)CCCCCCCCCCC(=O)OCC(O)COC(=O)C(C)(C)CC.CCC(O)CCCCCCCCCCC(=O)OCC(O)COC(=O)C(C)(C)CC. The highest BCUT2D eigenvalue weighted by Gasteiger charge is 2.33. The summed E-state index contributed by atoms with van der Waals surface area (Å²) in [4.78, 5) is 135. The van der Waals surface area contributed by atoms with E-state index in [1.54, 1.807) is 62.3 Å². The van der Waals surface area contributed by atoms with Crippen LogP contribution in [0.2, 0.25) is 0 Å². The summed E-state index contributed by atoms with van der Waals surface area (Å²) in [6, 6.07) is 0. The first-order valence-corrected chi connectivity index (χ1v) is 47.2. The number of aliphatic hydroxyl groups excluding tert-OH is 6. The van der Waals surface area contributed by atoms with Crippen molar-refractivity contribution in [2.45, 2.75) is 423 Å². The van der Waals surface area contributed by atoms with E-state index in [4.69, 9.17) is 33.2 Å². The fraction of sp³-hybridized carbons (Fsp3) is 0.859. The molecule has 0 aromatic heterocycles. The highest BCUT2D eigenvalue weighted by molar-refractivity contribution is 5.81. The van der Waals surface area contributed by atoms with E-state index in [0.717, 1.165) is 109 Å². The summed E-state index contributed by atoms with van der Waals surface area (Å²) in [5.74, 6) is -3.71. The number of aliphatic hydroxyl groups is 6. The summed E-state index contributed by atoms with van der Waals surface area (Å²) in [6.07, 6.45) is 25.0. The third kappa shape index (κ3) is 78.4. The van der Waals surface area contributed by atoms with E-state index in [1.807, 2.05) is 125 Å². The number of carbonyl (C=O) groups excluding carboxylic acids is 12. The average Bonchev–Trinajstić information content (AvgIpc) is 1.22. The Labute approximate surface area is 779 Å². The minimum atomic E-state index is -1.02. The molecular weight excluding hydrogens is 1670 g/mol. The molecule has 0 heterocycles. The fourth-order valence-corrected chi connectivity index (χ4v) is 8.94. The highest BCUT2D eigenvalue weighted by atomic mass is 16.6. The number of methoxy groups -OCH3 is 4. The van der Waals surface area contributed by atoms with E-state index in [9.17, 15) is 88.2 Å². The Bertz CT molecular complexity index is 2790. The van der Waals surface area contributed by atoms with Crippen LogP contribution in [0, 0.1) is 49.7 Å². The highest BCUT2D eigenvalue weighted by Crippen LogP contribution is 2.27. The zero-order valence-electron chi connectivity index (χ0n) is 86.5. The summed E-state index contributed by atoms with van der Waals surface area (Å²) in [6.45, 7) is 52.4. The number of hydrogen-bond acceptors (Lipinski definition) is 30. The van der Waals surface area contributed by atoms with Crippen molar-refractivity contribution in [3.8, 4) is 0 Å². The molecular formula is C99H188O30. The van der Waals surface area contributed by atoms with Gasteiger partial charge in [0, 0.05) is 18.9 Å². The quantitative estimate of drug-likeness (QED) is 0.0142. The molecule has 0 aliphatic carbocycles. The second kappa shape index (κ2) is 80.8. The number of ether oxygens (including phenoxy) is 12. The number of carbonyl (C=O) groups is 12. The monoisotopic (exact) mass is 1860 g/mol. The van der Waals surface area contributed by atoms with Crippen LogP contribution in [0.15, 0.2) is 12.7 Å². The number of hydrogen-bond donors (Lipinski definition) is 6. The van der Waals surface area contributed by atoms with Gasteiger partial charge >= 0.3 is 71.6 Å². The van der Waals surface area contributed by atoms with Gasteiger partial charge in [-0.3, -0.25) is 52.7 Å². The van der Waals surface area contributed by atoms with Crippen molar-refractivity contribution in [1.82, 2.24) is 0 Å². The van der Waals surface area contributed by atoms with Gasteiger partial charge < -0.3 is 87.5 Å². The van der Waals surface area contributed by atoms with Crippen LogP contribution in [0.25, 0.3) is 0 Å². The van der Waals surface area contributed by atoms with Gasteiger partial charge in [-0.2, -0.15) is 0 Å². The Morgan fingerprint density at radius 3 is 0.651 bits per heavy atom. The summed E-state index contributed by atoms with van der Waals surface area (Å²) in [5.41, 5.74) is -3.22. The van der Waals surface area contributed by atoms with Gasteiger partial charge in [0.25, 0.3) is 0 Å². The molecule has 0 saturated heterocycles. The van der Waals surface area contributed by atoms with Crippen molar-refractivity contribution in [2.75, 3.05) is 81.3 Å². The number of esters is 12. The van der Waals surface area contributed by atoms with Crippen molar-refractivity contribution in [3.05, 3.63) is 12.7 Å². The maximum atomic E-state index is 11.8. The van der Waals surface area contributed by atoms with Crippen LogP contribution >= 0.6 is 0 Å². The van der Waals surface area contributed by atoms with Crippen LogP contribution in [-0.2, 0) is 114 Å². The molecule has 0 radical (unpaired) electrons. The Morgan fingerprint density at radius 1 is 0.256 bits per heavy atom. The van der Waals surface area contributed by atoms with Crippen molar-refractivity contribution < 1.29 is 145 Å². The van der Waals surface area contributed by atoms with E-state index < -0.39 is 52.0 Å². The lowest BCUT2D eigenvalue weighted by atomic mass is 9.91. The van der Waals surface area contributed by atoms with Crippen molar-refractivity contribution in [3.63, 3.8) is 0 Å². The molecule has 30 heteroatoms. The van der Waals surface area contributed by atoms with Crippen molar-refractivity contribution in [2.24, 2.45) is 49.7 Å². The van der Waals surface area contributed by atoms with E-state index in [2.05, 4.69) is 30.3 Å². The molecule has 0 saturated carbocycles. The van der Waals surface area contributed by atoms with Gasteiger partial charge in [0.1, 0.15) is 77.3 Å². The van der Waals surface area contributed by atoms with E-state index in [1.165, 1.54) is 79.8 Å². The first-order valence-electron chi connectivity index (χ1n) is 47.2. The molecule has 0 bridgehead atoms. The Balaban J connectivity index is -0.000000227. The van der Waals surface area contributed by atoms with E-state index in [-0.39, 0.29) is 159 Å². The lowest BCUT2D eigenvalue weighted by Gasteiger charge is -2.21. The van der Waals surface area contributed by atoms with Gasteiger partial charge in [0.15, 0.2) is 0 Å². The second-order valence-electron chi connectivity index (χ2n) is 37.0. The van der Waals surface area contributed by atoms with Gasteiger partial charge in [-0.15, -0.1) is 0 Å². The molecule has 6 N–H and O–H groups in total. The van der Waals surface area contributed by atoms with Gasteiger partial charge in [-0.1, -0.05) is 186 Å². The number of rotatable bonds is 59. The number of unbranched alkanes of at least 4 members (excludes halogenated alkanes) is 14. The van der Waals surface area contributed by atoms with Crippen LogP contribution in [0.3, 0.4) is 0 Å². The van der Waals surface area contributed by atoms with Crippen LogP contribution < -0.4 is 0 Å². The van der Waals surface area contributed by atoms with Gasteiger partial charge in [-0.05, 0) is 193 Å². The van der Waals surface area contributed by atoms with E-state index >= 15 is 0 Å². The van der Waals surface area contributed by atoms with Crippen molar-refractivity contribution >= 4 is 71.6 Å². The zero-order chi connectivity index (χ0) is 102. The van der Waals surface area contributed by atoms with Gasteiger partial charge in [-0.25, -0.2) is 4.79 Å². The molecule has 30 nitrogen and oxygen atoms in total. The second-order valence-corrected chi connectivity index (χ2v) is 37.0. The predicted molar refractivity (Wildman–Crippen MR) is 502 cm³/mol. The summed E-state index contributed by atoms with van der Waals surface area (Å²) in [7, 11) is 5.66. The maximum absolute atomic E-state index is 11.8. The third-order valence-corrected chi connectivity index (χ3v) is 22.6. The minimum Gasteiger partial charge on any atom is -0.469 e. The van der Waals surface area contributed by atoms with Crippen LogP contribution in [-0.4, -0.2) is 220 Å². The van der Waals surface area contributed by atoms with Gasteiger partial charge in [0.05, 0.1) is 90.4 Å². The summed E-state index contributed by atoms with van der Waals surface area (Å²) >= 11 is 0. The lowest BCUT2D eigenvalue weighted by molar-refractivity contribution is -0.161. The predicted octanol–water partition coefficient (Wildman–Crippen LogP) is 18.0. The van der Waals surface area contributed by atoms with Crippen molar-refractivity contribution in [1.29, 1.82) is 0 Å². The largest absolute Gasteiger partial charge is 0.469 e. The van der Waals surface area contributed by atoms with Crippen LogP contribution in [0.5, 0.6) is 0 Å². The molecule has 0 aliphatic heterocycles. The zero-order valence-corrected chi connectivity index (χ0v) is 86.5. The molecule has 0 aliphatic rings. The Kier molecular flexibility index (Phi) is 86.1. The van der Waals surface area contributed by atoms with Crippen LogP contribution in [0.4, 0.5) is 0 Å². The summed E-state index contributed by atoms with van der Waals surface area (Å²) < 4.78 is 57.9. The molecule has 0 aromatic carbocycles. The first kappa shape index (κ1) is 138. The normalized spacial score (nSPS) is 13.1. The molecule has 129 heavy (non-hydrogen) atoms. The lowest BCUT2D eigenvalue weighted by Crippen LogP contribution is -2.31. The first-order chi connectivity index (χ1) is 59.9. The van der Waals surface area contributed by atoms with Gasteiger partial charge in [0.2, 0.25) is 0 Å². The van der Waals surface area contributed by atoms with Crippen LogP contribution in [0.1, 0.15) is 386 Å². The molecule has 8 atom stereocenters. The smallest absolute Gasteiger partial charge is 0.330 e. The third-order valence-electron chi connectivity index (χ3n) is 22.6. The standard InChI is InChI=1S/2C23H44O6.C14H26O5.C12H20O5.3C7H14O2.C6H12O2/c2*1-5-19(24)15-13-11-9-7-8-10-12-14-16-21(26)28-17-20(25)18-29-22(27)23(3,4)6-2;1-6-10(3)12(16)18-8-11(15)9-19-13(17)14(4,5)7-2;1-5-10(14)16-7-9(13)8-17-11(15)12(3,4)6-2;3*1-5-7(2,3)6(8)9-4;1-4-5(2)6(7)8-3/h2*19-20,24-25H,5-18H2,1-4H3;10-11,15H,6-9H2,1-5H3;5,9,13H,1,6-8H2,2-4H3;3*5H2,1-4H3;5H,4H2,1-3H3. The molecule has 8 unspecified atom stereocenters. The Morgan fingerprint density at radius 2 is 0.457 bits per heavy atom. The van der Waals surface area contributed by atoms with E-state index in [0.29, 0.717) is 44.9 Å². The fourth-order valence-electron chi connectivity index (χ4n) is 8.94.